The summed E-state index contributed by atoms with van der Waals surface area (Å²) in [6.07, 6.45) is 3.14. The van der Waals surface area contributed by atoms with Gasteiger partial charge in [-0.05, 0) is 6.07 Å². The van der Waals surface area contributed by atoms with E-state index < -0.39 is 0 Å². The van der Waals surface area contributed by atoms with Crippen LogP contribution in [0.5, 0.6) is 0 Å². The van der Waals surface area contributed by atoms with Crippen molar-refractivity contribution in [3.8, 4) is 6.26 Å². The first-order valence-corrected chi connectivity index (χ1v) is 3.32. The van der Waals surface area contributed by atoms with Gasteiger partial charge in [-0.2, -0.15) is 5.26 Å². The number of nitriles is 1. The molecule has 0 N–H and O–H groups in total. The van der Waals surface area contributed by atoms with E-state index in [9.17, 15) is 0 Å². The molecule has 4 heteroatoms. The van der Waals surface area contributed by atoms with Crippen LogP contribution in [0.2, 0.25) is 5.15 Å². The molecule has 0 unspecified atom stereocenters. The largest absolute Gasteiger partial charge is 0.423 e. The average Bonchev–Trinajstić information content (AvgIpc) is 2.04. The Hall–Kier alpha value is -1.27. The van der Waals surface area contributed by atoms with Crippen LogP contribution in [0.3, 0.4) is 0 Å². The Morgan fingerprint density at radius 3 is 3.00 bits per heavy atom. The Bertz CT molecular complexity index is 265. The third-order valence-corrected chi connectivity index (χ3v) is 1.32. The minimum absolute atomic E-state index is 0.251. The zero-order chi connectivity index (χ0) is 8.10. The van der Waals surface area contributed by atoms with Gasteiger partial charge in [-0.15, -0.1) is 0 Å². The van der Waals surface area contributed by atoms with Gasteiger partial charge in [0.05, 0.1) is 0 Å². The molecule has 0 aliphatic rings. The molecule has 0 fully saturated rings. The lowest BCUT2D eigenvalue weighted by Gasteiger charge is -1.95. The van der Waals surface area contributed by atoms with Crippen molar-refractivity contribution in [2.24, 2.45) is 0 Å². The van der Waals surface area contributed by atoms with Crippen LogP contribution in [0.4, 0.5) is 0 Å². The smallest absolute Gasteiger partial charge is 0.286 e. The molecule has 0 amide bonds. The lowest BCUT2D eigenvalue weighted by molar-refractivity contribution is 0.257. The van der Waals surface area contributed by atoms with Gasteiger partial charge in [-0.3, -0.25) is 0 Å². The van der Waals surface area contributed by atoms with Crippen molar-refractivity contribution in [2.75, 3.05) is 0 Å². The van der Waals surface area contributed by atoms with E-state index in [0.717, 1.165) is 5.56 Å². The van der Waals surface area contributed by atoms with E-state index in [-0.39, 0.29) is 6.61 Å². The molecule has 0 bridgehead atoms. The molecule has 0 aromatic carbocycles. The molecule has 0 aliphatic carbocycles. The van der Waals surface area contributed by atoms with Gasteiger partial charge in [0, 0.05) is 11.8 Å². The molecule has 11 heavy (non-hydrogen) atoms. The summed E-state index contributed by atoms with van der Waals surface area (Å²) < 4.78 is 4.48. The fourth-order valence-electron chi connectivity index (χ4n) is 0.607. The van der Waals surface area contributed by atoms with Crippen LogP contribution in [0.1, 0.15) is 5.56 Å². The van der Waals surface area contributed by atoms with E-state index in [4.69, 9.17) is 16.9 Å². The predicted octanol–water partition coefficient (Wildman–Crippen LogP) is 1.73. The van der Waals surface area contributed by atoms with Crippen molar-refractivity contribution in [2.45, 2.75) is 6.61 Å². The quantitative estimate of drug-likeness (QED) is 0.499. The second kappa shape index (κ2) is 3.79. The second-order valence-electron chi connectivity index (χ2n) is 1.87. The number of aromatic nitrogens is 1. The highest BCUT2D eigenvalue weighted by atomic mass is 35.5. The number of hydrogen-bond donors (Lipinski definition) is 0. The van der Waals surface area contributed by atoms with Crippen molar-refractivity contribution in [3.05, 3.63) is 29.0 Å². The zero-order valence-corrected chi connectivity index (χ0v) is 6.38. The molecule has 0 saturated heterocycles. The Morgan fingerprint density at radius 2 is 2.45 bits per heavy atom. The molecule has 0 radical (unpaired) electrons. The van der Waals surface area contributed by atoms with Crippen LogP contribution < -0.4 is 0 Å². The fraction of sp³-hybridized carbons (Fsp3) is 0.143. The van der Waals surface area contributed by atoms with Gasteiger partial charge < -0.3 is 4.74 Å². The summed E-state index contributed by atoms with van der Waals surface area (Å²) in [7, 11) is 0. The summed E-state index contributed by atoms with van der Waals surface area (Å²) >= 11 is 5.53. The summed E-state index contributed by atoms with van der Waals surface area (Å²) in [5, 5.41) is 8.50. The molecule has 56 valence electrons. The molecule has 1 aromatic rings. The fourth-order valence-corrected chi connectivity index (χ4v) is 0.719. The van der Waals surface area contributed by atoms with Gasteiger partial charge >= 0.3 is 0 Å². The minimum atomic E-state index is 0.251. The van der Waals surface area contributed by atoms with Gasteiger partial charge in [0.15, 0.2) is 0 Å². The van der Waals surface area contributed by atoms with Crippen molar-refractivity contribution in [3.63, 3.8) is 0 Å². The van der Waals surface area contributed by atoms with E-state index >= 15 is 0 Å². The van der Waals surface area contributed by atoms with Gasteiger partial charge in [0.25, 0.3) is 6.26 Å². The molecule has 1 aromatic heterocycles. The molecule has 0 aliphatic heterocycles. The maximum absolute atomic E-state index is 8.06. The Kier molecular flexibility index (Phi) is 2.70. The Labute approximate surface area is 69.2 Å². The Morgan fingerprint density at radius 1 is 1.64 bits per heavy atom. The predicted molar refractivity (Wildman–Crippen MR) is 39.6 cm³/mol. The third kappa shape index (κ3) is 2.44. The number of pyridine rings is 1. The molecule has 0 atom stereocenters. The summed E-state index contributed by atoms with van der Waals surface area (Å²) in [4.78, 5) is 3.81. The molecular formula is C7H5ClN2O. The van der Waals surface area contributed by atoms with Crippen molar-refractivity contribution in [1.82, 2.24) is 4.98 Å². The minimum Gasteiger partial charge on any atom is -0.423 e. The van der Waals surface area contributed by atoms with Crippen molar-refractivity contribution in [1.29, 1.82) is 5.26 Å². The molecule has 1 rings (SSSR count). The summed E-state index contributed by atoms with van der Waals surface area (Å²) in [5.74, 6) is 0. The zero-order valence-electron chi connectivity index (χ0n) is 5.62. The average molecular weight is 169 g/mol. The molecule has 0 saturated carbocycles. The second-order valence-corrected chi connectivity index (χ2v) is 2.26. The van der Waals surface area contributed by atoms with Crippen LogP contribution >= 0.6 is 11.6 Å². The third-order valence-electron chi connectivity index (χ3n) is 1.09. The SMILES string of the molecule is N#COCc1ccc(Cl)nc1. The number of rotatable bonds is 2. The van der Waals surface area contributed by atoms with E-state index in [2.05, 4.69) is 9.72 Å². The van der Waals surface area contributed by atoms with Gasteiger partial charge in [-0.1, -0.05) is 17.7 Å². The normalized spacial score (nSPS) is 8.73. The summed E-state index contributed by atoms with van der Waals surface area (Å²) in [6.45, 7) is 0.251. The number of halogens is 1. The lowest BCUT2D eigenvalue weighted by atomic mass is 10.3. The summed E-state index contributed by atoms with van der Waals surface area (Å²) in [6, 6.07) is 3.41. The molecular weight excluding hydrogens is 164 g/mol. The molecule has 3 nitrogen and oxygen atoms in total. The van der Waals surface area contributed by atoms with Crippen molar-refractivity contribution >= 4 is 11.6 Å². The van der Waals surface area contributed by atoms with E-state index in [1.807, 2.05) is 0 Å². The van der Waals surface area contributed by atoms with Crippen LogP contribution in [-0.2, 0) is 11.3 Å². The maximum atomic E-state index is 8.06. The first-order chi connectivity index (χ1) is 5.33. The van der Waals surface area contributed by atoms with Gasteiger partial charge in [-0.25, -0.2) is 4.98 Å². The number of nitrogens with zero attached hydrogens (tertiary/aromatic N) is 2. The maximum Gasteiger partial charge on any atom is 0.286 e. The van der Waals surface area contributed by atoms with Gasteiger partial charge in [0.2, 0.25) is 0 Å². The standard InChI is InChI=1S/C7H5ClN2O/c8-7-2-1-6(3-10-7)4-11-5-9/h1-3H,4H2. The van der Waals surface area contributed by atoms with Crippen LogP contribution in [0.15, 0.2) is 18.3 Å². The highest BCUT2D eigenvalue weighted by Crippen LogP contribution is 2.05. The highest BCUT2D eigenvalue weighted by molar-refractivity contribution is 6.29. The van der Waals surface area contributed by atoms with Gasteiger partial charge in [0.1, 0.15) is 11.8 Å². The Balaban J connectivity index is 2.60. The number of ether oxygens (including phenoxy) is 1. The van der Waals surface area contributed by atoms with Crippen molar-refractivity contribution < 1.29 is 4.74 Å². The van der Waals surface area contributed by atoms with E-state index in [0.29, 0.717) is 5.15 Å². The van der Waals surface area contributed by atoms with E-state index in [1.165, 1.54) is 0 Å². The van der Waals surface area contributed by atoms with Crippen LogP contribution in [0.25, 0.3) is 0 Å². The summed E-state index contributed by atoms with van der Waals surface area (Å²) in [5.41, 5.74) is 0.830. The first kappa shape index (κ1) is 7.83. The molecule has 1 heterocycles. The highest BCUT2D eigenvalue weighted by Gasteiger charge is 1.92. The number of hydrogen-bond acceptors (Lipinski definition) is 3. The van der Waals surface area contributed by atoms with Crippen LogP contribution in [0, 0.1) is 11.5 Å². The monoisotopic (exact) mass is 168 g/mol. The topological polar surface area (TPSA) is 45.9 Å². The molecule has 0 spiro atoms. The lowest BCUT2D eigenvalue weighted by Crippen LogP contribution is -1.87. The first-order valence-electron chi connectivity index (χ1n) is 2.94. The van der Waals surface area contributed by atoms with Crippen LogP contribution in [-0.4, -0.2) is 4.98 Å². The van der Waals surface area contributed by atoms with E-state index in [1.54, 1.807) is 24.6 Å².